The Morgan fingerprint density at radius 3 is 2.19 bits per heavy atom. The molecule has 0 aliphatic carbocycles. The van der Waals surface area contributed by atoms with Crippen LogP contribution in [0.5, 0.6) is 0 Å². The molecule has 1 aliphatic heterocycles. The third-order valence-corrected chi connectivity index (χ3v) is 7.17. The number of sulfone groups is 1. The summed E-state index contributed by atoms with van der Waals surface area (Å²) in [6.07, 6.45) is -4.42. The Bertz CT molecular complexity index is 1020. The van der Waals surface area contributed by atoms with Gasteiger partial charge in [0.15, 0.2) is 9.84 Å². The number of carbonyl (C=O) groups is 1. The van der Waals surface area contributed by atoms with Gasteiger partial charge in [0.1, 0.15) is 0 Å². The van der Waals surface area contributed by atoms with Crippen molar-refractivity contribution in [3.05, 3.63) is 65.2 Å². The maximum absolute atomic E-state index is 12.9. The molecule has 1 saturated heterocycles. The maximum atomic E-state index is 12.9. The van der Waals surface area contributed by atoms with Crippen molar-refractivity contribution in [1.29, 1.82) is 0 Å². The number of ether oxygens (including phenoxy) is 1. The number of nitrogens with zero attached hydrogens (tertiary/aromatic N) is 1. The van der Waals surface area contributed by atoms with E-state index in [1.54, 1.807) is 6.92 Å². The van der Waals surface area contributed by atoms with Gasteiger partial charge in [-0.25, -0.2) is 8.42 Å². The second-order valence-electron chi connectivity index (χ2n) is 7.42. The van der Waals surface area contributed by atoms with E-state index in [4.69, 9.17) is 4.74 Å². The van der Waals surface area contributed by atoms with Crippen molar-refractivity contribution in [3.63, 3.8) is 0 Å². The van der Waals surface area contributed by atoms with Gasteiger partial charge in [0.2, 0.25) is 0 Å². The fraction of sp³-hybridized carbons (Fsp3) is 0.409. The molecule has 6 nitrogen and oxygen atoms in total. The van der Waals surface area contributed by atoms with Gasteiger partial charge < -0.3 is 10.1 Å². The molecular formula is C22H25F3N2O4S. The monoisotopic (exact) mass is 470 g/mol. The Kier molecular flexibility index (Phi) is 7.58. The third-order valence-electron chi connectivity index (χ3n) is 5.42. The topological polar surface area (TPSA) is 75.7 Å². The molecule has 1 aliphatic rings. The summed E-state index contributed by atoms with van der Waals surface area (Å²) in [7, 11) is -3.36. The lowest BCUT2D eigenvalue weighted by Gasteiger charge is -2.35. The van der Waals surface area contributed by atoms with Crippen LogP contribution in [0, 0.1) is 0 Å². The molecule has 1 fully saturated rings. The molecule has 1 atom stereocenters. The summed E-state index contributed by atoms with van der Waals surface area (Å²) in [6.45, 7) is 3.90. The smallest absolute Gasteiger partial charge is 0.379 e. The van der Waals surface area contributed by atoms with E-state index in [0.717, 1.165) is 12.1 Å². The minimum Gasteiger partial charge on any atom is -0.379 e. The first kappa shape index (κ1) is 24.2. The van der Waals surface area contributed by atoms with Gasteiger partial charge in [0.05, 0.1) is 35.5 Å². The van der Waals surface area contributed by atoms with Crippen LogP contribution in [0.15, 0.2) is 53.4 Å². The highest BCUT2D eigenvalue weighted by Crippen LogP contribution is 2.31. The highest BCUT2D eigenvalue weighted by atomic mass is 32.2. The normalized spacial score (nSPS) is 16.5. The second kappa shape index (κ2) is 10.0. The average molecular weight is 471 g/mol. The number of amides is 1. The van der Waals surface area contributed by atoms with Crippen LogP contribution in [0.4, 0.5) is 13.2 Å². The fourth-order valence-electron chi connectivity index (χ4n) is 3.51. The molecule has 0 radical (unpaired) electrons. The zero-order valence-electron chi connectivity index (χ0n) is 17.6. The van der Waals surface area contributed by atoms with Crippen molar-refractivity contribution >= 4 is 15.7 Å². The molecule has 32 heavy (non-hydrogen) atoms. The molecule has 0 aromatic heterocycles. The number of rotatable bonds is 7. The van der Waals surface area contributed by atoms with E-state index in [-0.39, 0.29) is 23.2 Å². The van der Waals surface area contributed by atoms with Gasteiger partial charge in [-0.1, -0.05) is 19.1 Å². The van der Waals surface area contributed by atoms with Gasteiger partial charge in [-0.2, -0.15) is 13.2 Å². The summed E-state index contributed by atoms with van der Waals surface area (Å²) in [5.41, 5.74) is 0.228. The van der Waals surface area contributed by atoms with Crippen molar-refractivity contribution in [2.24, 2.45) is 0 Å². The van der Waals surface area contributed by atoms with Crippen molar-refractivity contribution in [2.45, 2.75) is 24.0 Å². The van der Waals surface area contributed by atoms with E-state index >= 15 is 0 Å². The SMILES string of the molecule is CCS(=O)(=O)c1ccc(C(=O)NCC(c2ccc(C(F)(F)F)cc2)N2CCOCC2)cc1. The Labute approximate surface area is 185 Å². The standard InChI is InChI=1S/C22H25F3N2O4S/c1-2-32(29,30)19-9-5-17(6-10-19)21(28)26-15-20(27-11-13-31-14-12-27)16-3-7-18(8-4-16)22(23,24)25/h3-10,20H,2,11-15H2,1H3,(H,26,28). The van der Waals surface area contributed by atoms with Gasteiger partial charge in [0, 0.05) is 25.2 Å². The van der Waals surface area contributed by atoms with Crippen molar-refractivity contribution in [2.75, 3.05) is 38.6 Å². The van der Waals surface area contributed by atoms with Crippen LogP contribution in [0.1, 0.15) is 34.5 Å². The second-order valence-corrected chi connectivity index (χ2v) is 9.70. The minimum absolute atomic E-state index is 0.0348. The molecule has 1 heterocycles. The minimum atomic E-state index is -4.42. The van der Waals surface area contributed by atoms with Gasteiger partial charge in [-0.05, 0) is 42.0 Å². The molecule has 10 heteroatoms. The van der Waals surface area contributed by atoms with E-state index in [1.165, 1.54) is 36.4 Å². The number of nitrogens with one attached hydrogen (secondary N) is 1. The van der Waals surface area contributed by atoms with Crippen molar-refractivity contribution < 1.29 is 31.1 Å². The largest absolute Gasteiger partial charge is 0.416 e. The van der Waals surface area contributed by atoms with Gasteiger partial charge in [-0.15, -0.1) is 0 Å². The van der Waals surface area contributed by atoms with Crippen LogP contribution in [0.2, 0.25) is 0 Å². The molecule has 0 saturated carbocycles. The van der Waals surface area contributed by atoms with E-state index in [2.05, 4.69) is 10.2 Å². The highest BCUT2D eigenvalue weighted by Gasteiger charge is 2.31. The number of carbonyl (C=O) groups excluding carboxylic acids is 1. The van der Waals surface area contributed by atoms with Crippen LogP contribution in [0.3, 0.4) is 0 Å². The number of hydrogen-bond donors (Lipinski definition) is 1. The number of halogens is 3. The molecule has 1 amide bonds. The van der Waals surface area contributed by atoms with Crippen LogP contribution >= 0.6 is 0 Å². The zero-order valence-corrected chi connectivity index (χ0v) is 18.4. The first-order valence-electron chi connectivity index (χ1n) is 10.2. The van der Waals surface area contributed by atoms with Crippen LogP contribution in [0.25, 0.3) is 0 Å². The van der Waals surface area contributed by atoms with E-state index in [1.807, 2.05) is 0 Å². The third kappa shape index (κ3) is 5.87. The predicted molar refractivity (Wildman–Crippen MR) is 113 cm³/mol. The molecule has 0 spiro atoms. The van der Waals surface area contributed by atoms with Gasteiger partial charge >= 0.3 is 6.18 Å². The zero-order chi connectivity index (χ0) is 23.4. The lowest BCUT2D eigenvalue weighted by Crippen LogP contribution is -2.43. The van der Waals surface area contributed by atoms with Gasteiger partial charge in [-0.3, -0.25) is 9.69 Å². The summed E-state index contributed by atoms with van der Waals surface area (Å²) < 4.78 is 68.0. The Morgan fingerprint density at radius 1 is 1.06 bits per heavy atom. The van der Waals surface area contributed by atoms with Crippen molar-refractivity contribution in [1.82, 2.24) is 10.2 Å². The van der Waals surface area contributed by atoms with E-state index < -0.39 is 27.5 Å². The Morgan fingerprint density at radius 2 is 1.66 bits per heavy atom. The predicted octanol–water partition coefficient (Wildman–Crippen LogP) is 3.30. The molecule has 174 valence electrons. The molecule has 1 N–H and O–H groups in total. The first-order chi connectivity index (χ1) is 15.1. The number of morpholine rings is 1. The van der Waals surface area contributed by atoms with E-state index in [9.17, 15) is 26.4 Å². The molecule has 2 aromatic carbocycles. The summed E-state index contributed by atoms with van der Waals surface area (Å²) in [4.78, 5) is 14.8. The Balaban J connectivity index is 1.74. The summed E-state index contributed by atoms with van der Waals surface area (Å²) >= 11 is 0. The van der Waals surface area contributed by atoms with Crippen LogP contribution in [-0.2, 0) is 20.8 Å². The average Bonchev–Trinajstić information content (AvgIpc) is 2.79. The first-order valence-corrected chi connectivity index (χ1v) is 11.9. The van der Waals surface area contributed by atoms with Gasteiger partial charge in [0.25, 0.3) is 5.91 Å². The lowest BCUT2D eigenvalue weighted by molar-refractivity contribution is -0.137. The fourth-order valence-corrected chi connectivity index (χ4v) is 4.40. The summed E-state index contributed by atoms with van der Waals surface area (Å²) in [5.74, 6) is -0.428. The summed E-state index contributed by atoms with van der Waals surface area (Å²) in [5, 5.41) is 2.82. The van der Waals surface area contributed by atoms with Crippen molar-refractivity contribution in [3.8, 4) is 0 Å². The maximum Gasteiger partial charge on any atom is 0.416 e. The lowest BCUT2D eigenvalue weighted by atomic mass is 10.0. The summed E-state index contributed by atoms with van der Waals surface area (Å²) in [6, 6.07) is 10.3. The molecule has 2 aromatic rings. The highest BCUT2D eigenvalue weighted by molar-refractivity contribution is 7.91. The molecule has 3 rings (SSSR count). The number of hydrogen-bond acceptors (Lipinski definition) is 5. The molecule has 0 bridgehead atoms. The quantitative estimate of drug-likeness (QED) is 0.672. The van der Waals surface area contributed by atoms with Crippen LogP contribution in [-0.4, -0.2) is 57.8 Å². The van der Waals surface area contributed by atoms with E-state index in [0.29, 0.717) is 37.4 Å². The van der Waals surface area contributed by atoms with Crippen LogP contribution < -0.4 is 5.32 Å². The molecular weight excluding hydrogens is 445 g/mol. The Hall–Kier alpha value is -2.43. The number of benzene rings is 2. The number of alkyl halides is 3. The molecule has 1 unspecified atom stereocenters.